The van der Waals surface area contributed by atoms with Gasteiger partial charge < -0.3 is 0 Å². The van der Waals surface area contributed by atoms with Crippen molar-refractivity contribution in [3.8, 4) is 0 Å². The van der Waals surface area contributed by atoms with Crippen molar-refractivity contribution in [1.82, 2.24) is 4.98 Å². The summed E-state index contributed by atoms with van der Waals surface area (Å²) in [5, 5.41) is 0.603. The van der Waals surface area contributed by atoms with Gasteiger partial charge in [-0.1, -0.05) is 29.8 Å². The number of aliphatic imine (C=N–C) groups is 1. The van der Waals surface area contributed by atoms with Gasteiger partial charge in [0.15, 0.2) is 0 Å². The topological polar surface area (TPSA) is 71.4 Å². The molecule has 25 heavy (non-hydrogen) atoms. The van der Waals surface area contributed by atoms with E-state index in [0.717, 1.165) is 5.56 Å². The molecular weight excluding hydrogens is 358 g/mol. The van der Waals surface area contributed by atoms with Crippen molar-refractivity contribution in [2.24, 2.45) is 4.99 Å². The van der Waals surface area contributed by atoms with Gasteiger partial charge >= 0.3 is 0 Å². The molecule has 0 saturated heterocycles. The molecule has 0 bridgehead atoms. The molecule has 0 atom stereocenters. The Kier molecular flexibility index (Phi) is 5.11. The Labute approximate surface area is 151 Å². The number of hydrogen-bond acceptors (Lipinski definition) is 4. The molecule has 0 fully saturated rings. The summed E-state index contributed by atoms with van der Waals surface area (Å²) in [6, 6.07) is 16.9. The molecule has 3 aromatic rings. The molecule has 0 radical (unpaired) electrons. The van der Waals surface area contributed by atoms with E-state index in [-0.39, 0.29) is 4.90 Å². The summed E-state index contributed by atoms with van der Waals surface area (Å²) in [7, 11) is -3.67. The van der Waals surface area contributed by atoms with Crippen LogP contribution in [0.15, 0.2) is 82.9 Å². The Balaban J connectivity index is 1.77. The van der Waals surface area contributed by atoms with Gasteiger partial charge in [-0.05, 0) is 42.5 Å². The van der Waals surface area contributed by atoms with E-state index in [9.17, 15) is 8.42 Å². The third-order valence-electron chi connectivity index (χ3n) is 3.32. The van der Waals surface area contributed by atoms with Gasteiger partial charge in [-0.3, -0.25) is 14.7 Å². The number of rotatable bonds is 5. The van der Waals surface area contributed by atoms with Crippen LogP contribution in [0.2, 0.25) is 5.02 Å². The summed E-state index contributed by atoms with van der Waals surface area (Å²) in [6.45, 7) is 0. The lowest BCUT2D eigenvalue weighted by Gasteiger charge is -2.07. The molecular formula is C18H14ClN3O2S. The standard InChI is InChI=1S/C18H14ClN3O2S/c19-18-6-2-1-4-14(18)12-21-15-7-9-17(10-8-15)25(23,24)22-16-5-3-11-20-13-16/h1-13,22H. The van der Waals surface area contributed by atoms with Crippen LogP contribution in [-0.4, -0.2) is 19.6 Å². The van der Waals surface area contributed by atoms with Gasteiger partial charge in [0.25, 0.3) is 10.0 Å². The molecule has 1 aromatic heterocycles. The van der Waals surface area contributed by atoms with E-state index in [2.05, 4.69) is 14.7 Å². The second-order valence-corrected chi connectivity index (χ2v) is 7.21. The summed E-state index contributed by atoms with van der Waals surface area (Å²) < 4.78 is 27.2. The monoisotopic (exact) mass is 371 g/mol. The zero-order chi connectivity index (χ0) is 17.7. The highest BCUT2D eigenvalue weighted by Gasteiger charge is 2.13. The van der Waals surface area contributed by atoms with Crippen molar-refractivity contribution in [3.63, 3.8) is 0 Å². The van der Waals surface area contributed by atoms with Crippen molar-refractivity contribution in [1.29, 1.82) is 0 Å². The van der Waals surface area contributed by atoms with E-state index in [4.69, 9.17) is 11.6 Å². The predicted octanol–water partition coefficient (Wildman–Crippen LogP) is 4.29. The van der Waals surface area contributed by atoms with Gasteiger partial charge in [0.2, 0.25) is 0 Å². The van der Waals surface area contributed by atoms with Crippen LogP contribution in [0.3, 0.4) is 0 Å². The molecule has 0 spiro atoms. The lowest BCUT2D eigenvalue weighted by Crippen LogP contribution is -2.12. The summed E-state index contributed by atoms with van der Waals surface area (Å²) in [5.74, 6) is 0. The molecule has 0 aliphatic rings. The fourth-order valence-electron chi connectivity index (χ4n) is 2.07. The minimum absolute atomic E-state index is 0.146. The molecule has 1 heterocycles. The van der Waals surface area contributed by atoms with Crippen LogP contribution in [0.5, 0.6) is 0 Å². The van der Waals surface area contributed by atoms with E-state index in [0.29, 0.717) is 16.4 Å². The van der Waals surface area contributed by atoms with Gasteiger partial charge in [-0.15, -0.1) is 0 Å². The number of benzene rings is 2. The number of pyridine rings is 1. The Morgan fingerprint density at radius 3 is 2.44 bits per heavy atom. The van der Waals surface area contributed by atoms with Crippen LogP contribution in [0.1, 0.15) is 5.56 Å². The highest BCUT2D eigenvalue weighted by molar-refractivity contribution is 7.92. The van der Waals surface area contributed by atoms with Crippen LogP contribution in [0.25, 0.3) is 0 Å². The van der Waals surface area contributed by atoms with E-state index < -0.39 is 10.0 Å². The number of aromatic nitrogens is 1. The van der Waals surface area contributed by atoms with Crippen LogP contribution in [0, 0.1) is 0 Å². The van der Waals surface area contributed by atoms with Crippen molar-refractivity contribution in [2.45, 2.75) is 4.90 Å². The molecule has 126 valence electrons. The van der Waals surface area contributed by atoms with Crippen molar-refractivity contribution in [3.05, 3.63) is 83.6 Å². The zero-order valence-corrected chi connectivity index (χ0v) is 14.6. The smallest absolute Gasteiger partial charge is 0.261 e. The van der Waals surface area contributed by atoms with E-state index >= 15 is 0 Å². The number of nitrogens with zero attached hydrogens (tertiary/aromatic N) is 2. The maximum atomic E-state index is 12.3. The summed E-state index contributed by atoms with van der Waals surface area (Å²) in [5.41, 5.74) is 1.82. The van der Waals surface area contributed by atoms with Crippen molar-refractivity contribution >= 4 is 39.2 Å². The molecule has 3 rings (SSSR count). The zero-order valence-electron chi connectivity index (χ0n) is 13.0. The van der Waals surface area contributed by atoms with Gasteiger partial charge in [0.1, 0.15) is 0 Å². The van der Waals surface area contributed by atoms with Crippen molar-refractivity contribution in [2.75, 3.05) is 4.72 Å². The van der Waals surface area contributed by atoms with Gasteiger partial charge in [0.05, 0.1) is 22.5 Å². The van der Waals surface area contributed by atoms with Crippen LogP contribution < -0.4 is 4.72 Å². The average molecular weight is 372 g/mol. The molecule has 2 aromatic carbocycles. The summed E-state index contributed by atoms with van der Waals surface area (Å²) in [6.07, 6.45) is 4.66. The summed E-state index contributed by atoms with van der Waals surface area (Å²) in [4.78, 5) is 8.34. The van der Waals surface area contributed by atoms with Crippen LogP contribution in [-0.2, 0) is 10.0 Å². The van der Waals surface area contributed by atoms with Gasteiger partial charge in [-0.25, -0.2) is 8.42 Å². The van der Waals surface area contributed by atoms with Crippen LogP contribution in [0.4, 0.5) is 11.4 Å². The lowest BCUT2D eigenvalue weighted by atomic mass is 10.2. The third-order valence-corrected chi connectivity index (χ3v) is 5.06. The molecule has 0 amide bonds. The first-order valence-electron chi connectivity index (χ1n) is 7.36. The van der Waals surface area contributed by atoms with Crippen LogP contribution >= 0.6 is 11.6 Å². The second kappa shape index (κ2) is 7.46. The first-order chi connectivity index (χ1) is 12.0. The Morgan fingerprint density at radius 1 is 1.00 bits per heavy atom. The normalized spacial score (nSPS) is 11.6. The fourth-order valence-corrected chi connectivity index (χ4v) is 3.30. The van der Waals surface area contributed by atoms with Gasteiger partial charge in [-0.2, -0.15) is 0 Å². The highest BCUT2D eigenvalue weighted by Crippen LogP contribution is 2.20. The molecule has 5 nitrogen and oxygen atoms in total. The Hall–Kier alpha value is -2.70. The van der Waals surface area contributed by atoms with Gasteiger partial charge in [0, 0.05) is 23.0 Å². The molecule has 0 aliphatic heterocycles. The average Bonchev–Trinajstić information content (AvgIpc) is 2.62. The van der Waals surface area contributed by atoms with Crippen molar-refractivity contribution < 1.29 is 8.42 Å². The first kappa shape index (κ1) is 17.1. The van der Waals surface area contributed by atoms with E-state index in [1.165, 1.54) is 18.3 Å². The minimum atomic E-state index is -3.67. The first-order valence-corrected chi connectivity index (χ1v) is 9.22. The third kappa shape index (κ3) is 4.43. The number of anilines is 1. The lowest BCUT2D eigenvalue weighted by molar-refractivity contribution is 0.601. The molecule has 1 N–H and O–H groups in total. The van der Waals surface area contributed by atoms with E-state index in [1.54, 1.807) is 42.7 Å². The SMILES string of the molecule is O=S(=O)(Nc1cccnc1)c1ccc(N=Cc2ccccc2Cl)cc1. The predicted molar refractivity (Wildman–Crippen MR) is 100 cm³/mol. The number of nitrogens with one attached hydrogen (secondary N) is 1. The molecule has 0 aliphatic carbocycles. The summed E-state index contributed by atoms with van der Waals surface area (Å²) >= 11 is 6.07. The van der Waals surface area contributed by atoms with E-state index in [1.807, 2.05) is 18.2 Å². The fraction of sp³-hybridized carbons (Fsp3) is 0. The second-order valence-electron chi connectivity index (χ2n) is 5.12. The Morgan fingerprint density at radius 2 is 1.76 bits per heavy atom. The molecule has 0 saturated carbocycles. The number of halogens is 1. The quantitative estimate of drug-likeness (QED) is 0.680. The number of hydrogen-bond donors (Lipinski definition) is 1. The Bertz CT molecular complexity index is 988. The number of sulfonamides is 1. The minimum Gasteiger partial charge on any atom is -0.278 e. The highest BCUT2D eigenvalue weighted by atomic mass is 35.5. The maximum absolute atomic E-state index is 12.3. The largest absolute Gasteiger partial charge is 0.278 e. The molecule has 0 unspecified atom stereocenters. The maximum Gasteiger partial charge on any atom is 0.261 e. The molecule has 7 heteroatoms.